The van der Waals surface area contributed by atoms with Crippen molar-refractivity contribution in [3.05, 3.63) is 54.2 Å². The average molecular weight is 604 g/mol. The number of rotatable bonds is 9. The second kappa shape index (κ2) is 9.75. The number of ether oxygens (including phenoxy) is 2. The van der Waals surface area contributed by atoms with E-state index >= 15 is 0 Å². The van der Waals surface area contributed by atoms with E-state index in [2.05, 4.69) is 33.9 Å². The van der Waals surface area contributed by atoms with Gasteiger partial charge in [0.15, 0.2) is 12.3 Å². The van der Waals surface area contributed by atoms with Gasteiger partial charge in [-0.3, -0.25) is 9.36 Å². The van der Waals surface area contributed by atoms with Gasteiger partial charge in [0.2, 0.25) is 0 Å². The fraction of sp³-hybridized carbons (Fsp3) is 0.394. The molecule has 0 saturated heterocycles. The zero-order valence-corrected chi connectivity index (χ0v) is 25.5. The molecule has 12 nitrogen and oxygen atoms in total. The molecule has 228 valence electrons. The quantitative estimate of drug-likeness (QED) is 0.207. The Hall–Kier alpha value is -5.00. The Bertz CT molecular complexity index is 2140. The average Bonchev–Trinajstić information content (AvgIpc) is 3.99. The Balaban J connectivity index is 1.18. The third kappa shape index (κ3) is 4.49. The standard InChI is InChI=1S/C33H33N9O3/c1-39-14-20-13-23(28(18-7-8-18)34-31(20)37-39)32-35-29(30(40(32)2)19-9-10-19)22-5-4-6-25-24(22)15-42(36-25)26-16-41(21-11-12-21)38-33(26)45-17-27(43)44-3/h4-6,13-16,18-19,21H,7-12,17H2,1-3H3. The van der Waals surface area contributed by atoms with Gasteiger partial charge in [0, 0.05) is 65.9 Å². The lowest BCUT2D eigenvalue weighted by Gasteiger charge is -2.10. The molecule has 12 heteroatoms. The van der Waals surface area contributed by atoms with Crippen LogP contribution in [0.4, 0.5) is 0 Å². The van der Waals surface area contributed by atoms with Crippen LogP contribution in [-0.4, -0.2) is 63.6 Å². The molecule has 0 atom stereocenters. The molecule has 0 amide bonds. The van der Waals surface area contributed by atoms with E-state index < -0.39 is 5.97 Å². The van der Waals surface area contributed by atoms with Crippen molar-refractivity contribution in [2.75, 3.05) is 13.7 Å². The molecule has 0 bridgehead atoms. The van der Waals surface area contributed by atoms with Gasteiger partial charge in [-0.25, -0.2) is 19.4 Å². The second-order valence-corrected chi connectivity index (χ2v) is 12.6. The van der Waals surface area contributed by atoms with Crippen LogP contribution in [0.25, 0.3) is 50.3 Å². The van der Waals surface area contributed by atoms with Crippen LogP contribution in [-0.2, 0) is 23.6 Å². The van der Waals surface area contributed by atoms with E-state index in [1.807, 2.05) is 47.1 Å². The fourth-order valence-electron chi connectivity index (χ4n) is 6.42. The first kappa shape index (κ1) is 26.4. The molecule has 6 aromatic rings. The van der Waals surface area contributed by atoms with Crippen molar-refractivity contribution in [2.24, 2.45) is 14.1 Å². The number of aryl methyl sites for hydroxylation is 1. The minimum absolute atomic E-state index is 0.221. The summed E-state index contributed by atoms with van der Waals surface area (Å²) in [6.07, 6.45) is 12.7. The van der Waals surface area contributed by atoms with Gasteiger partial charge in [0.05, 0.1) is 36.3 Å². The minimum Gasteiger partial charge on any atom is -0.466 e. The fourth-order valence-corrected chi connectivity index (χ4v) is 6.42. The van der Waals surface area contributed by atoms with Gasteiger partial charge in [-0.05, 0) is 50.7 Å². The van der Waals surface area contributed by atoms with Gasteiger partial charge in [-0.2, -0.15) is 10.2 Å². The Labute approximate surface area is 258 Å². The molecular formula is C33H33N9O3. The molecule has 0 aliphatic heterocycles. The number of nitrogens with zero attached hydrogens (tertiary/aromatic N) is 9. The molecule has 0 unspecified atom stereocenters. The second-order valence-electron chi connectivity index (χ2n) is 12.6. The van der Waals surface area contributed by atoms with Crippen LogP contribution < -0.4 is 4.74 Å². The lowest BCUT2D eigenvalue weighted by molar-refractivity contribution is -0.143. The number of esters is 1. The van der Waals surface area contributed by atoms with Crippen molar-refractivity contribution in [3.63, 3.8) is 0 Å². The highest BCUT2D eigenvalue weighted by atomic mass is 16.6. The largest absolute Gasteiger partial charge is 0.466 e. The third-order valence-electron chi connectivity index (χ3n) is 9.15. The molecule has 9 rings (SSSR count). The number of carbonyl (C=O) groups is 1. The van der Waals surface area contributed by atoms with Crippen LogP contribution in [0.5, 0.6) is 5.88 Å². The van der Waals surface area contributed by atoms with E-state index in [-0.39, 0.29) is 6.61 Å². The maximum absolute atomic E-state index is 11.9. The summed E-state index contributed by atoms with van der Waals surface area (Å²) >= 11 is 0. The molecule has 0 spiro atoms. The maximum Gasteiger partial charge on any atom is 0.343 e. The first-order chi connectivity index (χ1) is 21.9. The SMILES string of the molecule is COC(=O)COc1nn(C2CC2)cc1-n1cc2c(-c3nc(-c4cc5cn(C)nc5nc4C4CC4)n(C)c3C3CC3)cccc2n1. The normalized spacial score (nSPS) is 16.6. The van der Waals surface area contributed by atoms with Crippen molar-refractivity contribution >= 4 is 27.9 Å². The van der Waals surface area contributed by atoms with E-state index in [0.29, 0.717) is 29.4 Å². The van der Waals surface area contributed by atoms with E-state index in [4.69, 9.17) is 24.5 Å². The number of pyridine rings is 1. The molecule has 3 saturated carbocycles. The third-order valence-corrected chi connectivity index (χ3v) is 9.15. The van der Waals surface area contributed by atoms with Crippen molar-refractivity contribution in [2.45, 2.75) is 56.4 Å². The van der Waals surface area contributed by atoms with Crippen LogP contribution in [0.15, 0.2) is 42.9 Å². The number of methoxy groups -OCH3 is 1. The summed E-state index contributed by atoms with van der Waals surface area (Å²) in [4.78, 5) is 22.3. The lowest BCUT2D eigenvalue weighted by Crippen LogP contribution is -2.13. The summed E-state index contributed by atoms with van der Waals surface area (Å²) in [5.74, 6) is 1.75. The Morgan fingerprint density at radius 2 is 1.76 bits per heavy atom. The van der Waals surface area contributed by atoms with Crippen molar-refractivity contribution in [1.29, 1.82) is 0 Å². The topological polar surface area (TPSA) is 120 Å². The molecule has 3 aliphatic carbocycles. The molecule has 1 aromatic carbocycles. The maximum atomic E-state index is 11.9. The van der Waals surface area contributed by atoms with Gasteiger partial charge in [0.1, 0.15) is 11.5 Å². The molecule has 3 fully saturated rings. The Morgan fingerprint density at radius 1 is 0.933 bits per heavy atom. The van der Waals surface area contributed by atoms with E-state index in [1.165, 1.54) is 12.8 Å². The van der Waals surface area contributed by atoms with Gasteiger partial charge >= 0.3 is 5.97 Å². The van der Waals surface area contributed by atoms with E-state index in [0.717, 1.165) is 88.8 Å². The van der Waals surface area contributed by atoms with Gasteiger partial charge in [-0.15, -0.1) is 5.10 Å². The molecule has 0 radical (unpaired) electrons. The van der Waals surface area contributed by atoms with Crippen molar-refractivity contribution in [3.8, 4) is 34.2 Å². The lowest BCUT2D eigenvalue weighted by atomic mass is 10.0. The van der Waals surface area contributed by atoms with E-state index in [1.54, 1.807) is 4.68 Å². The zero-order chi connectivity index (χ0) is 30.4. The van der Waals surface area contributed by atoms with Crippen LogP contribution in [0.1, 0.15) is 67.8 Å². The summed E-state index contributed by atoms with van der Waals surface area (Å²) in [5, 5.41) is 16.2. The van der Waals surface area contributed by atoms with Gasteiger partial charge in [-0.1, -0.05) is 12.1 Å². The molecule has 5 heterocycles. The Kier molecular flexibility index (Phi) is 5.72. The number of fused-ring (bicyclic) bond motifs is 2. The molecule has 0 N–H and O–H groups in total. The van der Waals surface area contributed by atoms with Crippen LogP contribution in [0, 0.1) is 0 Å². The van der Waals surface area contributed by atoms with Gasteiger partial charge < -0.3 is 14.0 Å². The summed E-state index contributed by atoms with van der Waals surface area (Å²) in [6.45, 7) is -0.221. The highest BCUT2D eigenvalue weighted by Gasteiger charge is 2.35. The number of benzene rings is 1. The van der Waals surface area contributed by atoms with Gasteiger partial charge in [0.25, 0.3) is 5.88 Å². The smallest absolute Gasteiger partial charge is 0.343 e. The molecule has 45 heavy (non-hydrogen) atoms. The molecule has 5 aromatic heterocycles. The van der Waals surface area contributed by atoms with Crippen LogP contribution >= 0.6 is 0 Å². The van der Waals surface area contributed by atoms with E-state index in [9.17, 15) is 4.79 Å². The highest BCUT2D eigenvalue weighted by Crippen LogP contribution is 2.49. The molecular weight excluding hydrogens is 570 g/mol. The number of hydrogen-bond donors (Lipinski definition) is 0. The zero-order valence-electron chi connectivity index (χ0n) is 25.5. The Morgan fingerprint density at radius 3 is 2.51 bits per heavy atom. The number of aromatic nitrogens is 9. The molecule has 3 aliphatic rings. The monoisotopic (exact) mass is 603 g/mol. The summed E-state index contributed by atoms with van der Waals surface area (Å²) in [5.41, 5.74) is 7.79. The number of carbonyl (C=O) groups excluding carboxylic acids is 1. The first-order valence-electron chi connectivity index (χ1n) is 15.6. The van der Waals surface area contributed by atoms with Crippen LogP contribution in [0.3, 0.4) is 0 Å². The predicted molar refractivity (Wildman–Crippen MR) is 166 cm³/mol. The predicted octanol–water partition coefficient (Wildman–Crippen LogP) is 5.21. The van der Waals surface area contributed by atoms with Crippen molar-refractivity contribution < 1.29 is 14.3 Å². The summed E-state index contributed by atoms with van der Waals surface area (Å²) < 4.78 is 18.4. The number of hydrogen-bond acceptors (Lipinski definition) is 8. The number of imidazole rings is 1. The minimum atomic E-state index is -0.462. The van der Waals surface area contributed by atoms with Crippen LogP contribution in [0.2, 0.25) is 0 Å². The highest BCUT2D eigenvalue weighted by molar-refractivity contribution is 5.95. The summed E-state index contributed by atoms with van der Waals surface area (Å²) in [6, 6.07) is 8.76. The summed E-state index contributed by atoms with van der Waals surface area (Å²) in [7, 11) is 5.43. The first-order valence-corrected chi connectivity index (χ1v) is 15.6. The van der Waals surface area contributed by atoms with Crippen molar-refractivity contribution in [1.82, 2.24) is 43.9 Å².